The Morgan fingerprint density at radius 1 is 1.19 bits per heavy atom. The highest BCUT2D eigenvalue weighted by Gasteiger charge is 2.13. The Morgan fingerprint density at radius 3 is 2.66 bits per heavy atom. The first-order valence-electron chi connectivity index (χ1n) is 10.8. The van der Waals surface area contributed by atoms with E-state index in [2.05, 4.69) is 108 Å². The zero-order chi connectivity index (χ0) is 22.9. The standard InChI is InChI=1S/C27H33N4S/c1-6-9-22(16-17-28-2)12-13-23-14-15-26(25-11-8-7-10-24(23)25)29(3)20-21-32-27-30(4)18-19-31(27)5/h6-19,28H,1,20-21H2,2-5H3/q+1/b13-12+,17-16-,22-9-. The average Bonchev–Trinajstić information content (AvgIpc) is 3.12. The number of aryl methyl sites for hydroxylation is 2. The molecule has 5 heteroatoms. The summed E-state index contributed by atoms with van der Waals surface area (Å²) in [5.41, 5.74) is 3.55. The van der Waals surface area contributed by atoms with Crippen molar-refractivity contribution >= 4 is 34.3 Å². The predicted octanol–water partition coefficient (Wildman–Crippen LogP) is 5.09. The van der Waals surface area contributed by atoms with E-state index in [-0.39, 0.29) is 0 Å². The highest BCUT2D eigenvalue weighted by molar-refractivity contribution is 7.99. The molecule has 1 N–H and O–H groups in total. The highest BCUT2D eigenvalue weighted by atomic mass is 32.2. The lowest BCUT2D eigenvalue weighted by Gasteiger charge is -2.21. The smallest absolute Gasteiger partial charge is 0.317 e. The molecule has 0 radical (unpaired) electrons. The van der Waals surface area contributed by atoms with Gasteiger partial charge in [-0.25, -0.2) is 9.13 Å². The van der Waals surface area contributed by atoms with E-state index in [0.29, 0.717) is 0 Å². The molecule has 32 heavy (non-hydrogen) atoms. The van der Waals surface area contributed by atoms with E-state index in [0.717, 1.165) is 17.9 Å². The summed E-state index contributed by atoms with van der Waals surface area (Å²) >= 11 is 1.88. The Morgan fingerprint density at radius 2 is 1.97 bits per heavy atom. The number of nitrogens with zero attached hydrogens (tertiary/aromatic N) is 3. The van der Waals surface area contributed by atoms with Gasteiger partial charge >= 0.3 is 5.16 Å². The van der Waals surface area contributed by atoms with Crippen LogP contribution in [-0.4, -0.2) is 31.0 Å². The molecule has 0 saturated heterocycles. The minimum atomic E-state index is 0.968. The first-order chi connectivity index (χ1) is 15.5. The topological polar surface area (TPSA) is 24.1 Å². The Balaban J connectivity index is 1.81. The molecule has 0 fully saturated rings. The van der Waals surface area contributed by atoms with Crippen LogP contribution in [0.25, 0.3) is 16.8 Å². The Hall–Kier alpha value is -3.18. The molecule has 0 bridgehead atoms. The second kappa shape index (κ2) is 11.4. The van der Waals surface area contributed by atoms with Crippen LogP contribution in [0.15, 0.2) is 96.6 Å². The zero-order valence-corrected chi connectivity index (χ0v) is 20.3. The van der Waals surface area contributed by atoms with E-state index < -0.39 is 0 Å². The van der Waals surface area contributed by atoms with Crippen LogP contribution in [0.3, 0.4) is 0 Å². The van der Waals surface area contributed by atoms with Crippen molar-refractivity contribution in [3.05, 3.63) is 97.0 Å². The largest absolute Gasteiger partial charge is 0.394 e. The van der Waals surface area contributed by atoms with E-state index >= 15 is 0 Å². The number of rotatable bonds is 10. The molecule has 3 aromatic rings. The van der Waals surface area contributed by atoms with Gasteiger partial charge in [-0.05, 0) is 46.6 Å². The number of aromatic nitrogens is 2. The summed E-state index contributed by atoms with van der Waals surface area (Å²) in [6, 6.07) is 13.1. The molecule has 1 aromatic heterocycles. The number of hydrogen-bond acceptors (Lipinski definition) is 3. The third kappa shape index (κ3) is 5.74. The van der Waals surface area contributed by atoms with Crippen molar-refractivity contribution in [2.75, 3.05) is 31.3 Å². The molecule has 0 unspecified atom stereocenters. The number of fused-ring (bicyclic) bond motifs is 1. The number of hydrogen-bond donors (Lipinski definition) is 1. The number of anilines is 1. The van der Waals surface area contributed by atoms with Crippen LogP contribution >= 0.6 is 11.8 Å². The molecule has 4 nitrogen and oxygen atoms in total. The third-order valence-electron chi connectivity index (χ3n) is 5.33. The minimum Gasteiger partial charge on any atom is -0.394 e. The monoisotopic (exact) mass is 445 g/mol. The van der Waals surface area contributed by atoms with Gasteiger partial charge in [0.25, 0.3) is 0 Å². The van der Waals surface area contributed by atoms with Crippen LogP contribution in [0.5, 0.6) is 0 Å². The van der Waals surface area contributed by atoms with Gasteiger partial charge in [0.1, 0.15) is 12.4 Å². The minimum absolute atomic E-state index is 0.968. The van der Waals surface area contributed by atoms with Crippen molar-refractivity contribution in [2.45, 2.75) is 5.16 Å². The van der Waals surface area contributed by atoms with Crippen LogP contribution in [0.2, 0.25) is 0 Å². The maximum absolute atomic E-state index is 3.82. The van der Waals surface area contributed by atoms with Gasteiger partial charge in [0.05, 0.1) is 14.1 Å². The number of imidazole rings is 1. The maximum atomic E-state index is 3.82. The molecule has 2 aromatic carbocycles. The van der Waals surface area contributed by atoms with Gasteiger partial charge in [0.15, 0.2) is 0 Å². The Labute approximate surface area is 196 Å². The Kier molecular flexibility index (Phi) is 8.40. The summed E-state index contributed by atoms with van der Waals surface area (Å²) in [6.45, 7) is 4.79. The molecule has 0 aliphatic rings. The van der Waals surface area contributed by atoms with Crippen molar-refractivity contribution in [1.82, 2.24) is 9.88 Å². The fourth-order valence-corrected chi connectivity index (χ4v) is 4.70. The first-order valence-corrected chi connectivity index (χ1v) is 11.7. The van der Waals surface area contributed by atoms with Crippen LogP contribution in [-0.2, 0) is 14.1 Å². The predicted molar refractivity (Wildman–Crippen MR) is 140 cm³/mol. The highest BCUT2D eigenvalue weighted by Crippen LogP contribution is 2.30. The molecule has 0 spiro atoms. The van der Waals surface area contributed by atoms with E-state index in [9.17, 15) is 0 Å². The molecule has 0 aliphatic heterocycles. The number of benzene rings is 2. The SMILES string of the molecule is C=C/C=C(\C=C/NC)/C=C/c1ccc(N(C)CCSc2n(C)cc[n+]2C)c2ccccc12. The molecule has 0 saturated carbocycles. The Bertz CT molecular complexity index is 1130. The van der Waals surface area contributed by atoms with Crippen LogP contribution in [0.1, 0.15) is 5.56 Å². The van der Waals surface area contributed by atoms with Crippen LogP contribution in [0, 0.1) is 0 Å². The normalized spacial score (nSPS) is 12.2. The van der Waals surface area contributed by atoms with Crippen molar-refractivity contribution in [1.29, 1.82) is 0 Å². The van der Waals surface area contributed by atoms with Gasteiger partial charge in [-0.1, -0.05) is 61.2 Å². The summed E-state index contributed by atoms with van der Waals surface area (Å²) in [4.78, 5) is 2.35. The molecule has 0 atom stereocenters. The quantitative estimate of drug-likeness (QED) is 0.267. The van der Waals surface area contributed by atoms with E-state index in [4.69, 9.17) is 0 Å². The van der Waals surface area contributed by atoms with Gasteiger partial charge in [-0.15, -0.1) is 0 Å². The van der Waals surface area contributed by atoms with Crippen LogP contribution in [0.4, 0.5) is 5.69 Å². The maximum Gasteiger partial charge on any atom is 0.317 e. The second-order valence-electron chi connectivity index (χ2n) is 7.65. The summed E-state index contributed by atoms with van der Waals surface area (Å²) in [5, 5.41) is 6.82. The van der Waals surface area contributed by atoms with Gasteiger partial charge in [-0.2, -0.15) is 0 Å². The summed E-state index contributed by atoms with van der Waals surface area (Å²) in [6.07, 6.45) is 16.2. The fraction of sp³-hybridized carbons (Fsp3) is 0.222. The molecule has 0 aliphatic carbocycles. The van der Waals surface area contributed by atoms with E-state index in [1.54, 1.807) is 0 Å². The summed E-state index contributed by atoms with van der Waals surface area (Å²) in [5.74, 6) is 1.02. The van der Waals surface area contributed by atoms with Crippen molar-refractivity contribution in [3.63, 3.8) is 0 Å². The van der Waals surface area contributed by atoms with Gasteiger partial charge in [-0.3, -0.25) is 0 Å². The van der Waals surface area contributed by atoms with Gasteiger partial charge < -0.3 is 10.2 Å². The number of nitrogens with one attached hydrogen (secondary N) is 1. The first kappa shape index (κ1) is 23.5. The van der Waals surface area contributed by atoms with E-state index in [1.165, 1.54) is 27.2 Å². The molecular weight excluding hydrogens is 412 g/mol. The summed E-state index contributed by atoms with van der Waals surface area (Å²) in [7, 11) is 8.26. The van der Waals surface area contributed by atoms with Crippen LogP contribution < -0.4 is 14.8 Å². The van der Waals surface area contributed by atoms with Crippen molar-refractivity contribution in [3.8, 4) is 0 Å². The van der Waals surface area contributed by atoms with Gasteiger partial charge in [0.2, 0.25) is 0 Å². The lowest BCUT2D eigenvalue weighted by molar-refractivity contribution is -0.709. The molecule has 166 valence electrons. The molecule has 3 rings (SSSR count). The van der Waals surface area contributed by atoms with Crippen molar-refractivity contribution < 1.29 is 4.57 Å². The molecule has 0 amide bonds. The average molecular weight is 446 g/mol. The van der Waals surface area contributed by atoms with Crippen molar-refractivity contribution in [2.24, 2.45) is 14.1 Å². The second-order valence-corrected chi connectivity index (χ2v) is 8.71. The van der Waals surface area contributed by atoms with E-state index in [1.807, 2.05) is 43.2 Å². The lowest BCUT2D eigenvalue weighted by Crippen LogP contribution is -2.29. The number of allylic oxidation sites excluding steroid dienone is 5. The zero-order valence-electron chi connectivity index (χ0n) is 19.5. The molecule has 1 heterocycles. The summed E-state index contributed by atoms with van der Waals surface area (Å²) < 4.78 is 4.34. The lowest BCUT2D eigenvalue weighted by atomic mass is 10.0. The number of thioether (sulfide) groups is 1. The third-order valence-corrected chi connectivity index (χ3v) is 6.55. The molecular formula is C27H33N4S+. The fourth-order valence-electron chi connectivity index (χ4n) is 3.63. The van der Waals surface area contributed by atoms with Gasteiger partial charge in [0, 0.05) is 37.5 Å².